The van der Waals surface area contributed by atoms with Gasteiger partial charge >= 0.3 is 0 Å². The molecule has 26 heavy (non-hydrogen) atoms. The third-order valence-corrected chi connectivity index (χ3v) is 3.83. The van der Waals surface area contributed by atoms with Crippen molar-refractivity contribution in [3.8, 4) is 11.5 Å². The van der Waals surface area contributed by atoms with Crippen LogP contribution in [-0.2, 0) is 4.79 Å². The first-order valence-corrected chi connectivity index (χ1v) is 8.48. The van der Waals surface area contributed by atoms with Crippen molar-refractivity contribution in [2.24, 2.45) is 0 Å². The zero-order valence-electron chi connectivity index (χ0n) is 14.3. The second-order valence-electron chi connectivity index (χ2n) is 5.78. The van der Waals surface area contributed by atoms with E-state index in [0.717, 1.165) is 10.8 Å². The average molecular weight is 353 g/mol. The molecule has 0 unspecified atom stereocenters. The number of halogens is 1. The Balaban J connectivity index is 1.35. The maximum atomic E-state index is 13.4. The van der Waals surface area contributed by atoms with Gasteiger partial charge in [-0.15, -0.1) is 0 Å². The van der Waals surface area contributed by atoms with Crippen LogP contribution in [0.15, 0.2) is 66.7 Å². The SMILES string of the molecule is O=C(COc1ccc2ccccc2c1)NCCCOc1ccccc1F. The van der Waals surface area contributed by atoms with Gasteiger partial charge in [0.25, 0.3) is 5.91 Å². The lowest BCUT2D eigenvalue weighted by molar-refractivity contribution is -0.123. The molecular formula is C21H20FNO3. The van der Waals surface area contributed by atoms with Crippen LogP contribution in [0.5, 0.6) is 11.5 Å². The molecule has 0 aromatic heterocycles. The normalized spacial score (nSPS) is 10.5. The first-order valence-electron chi connectivity index (χ1n) is 8.48. The van der Waals surface area contributed by atoms with Crippen LogP contribution < -0.4 is 14.8 Å². The van der Waals surface area contributed by atoms with Crippen molar-refractivity contribution >= 4 is 16.7 Å². The third kappa shape index (κ3) is 4.96. The third-order valence-electron chi connectivity index (χ3n) is 3.83. The zero-order chi connectivity index (χ0) is 18.2. The largest absolute Gasteiger partial charge is 0.490 e. The van der Waals surface area contributed by atoms with Crippen LogP contribution >= 0.6 is 0 Å². The minimum Gasteiger partial charge on any atom is -0.490 e. The topological polar surface area (TPSA) is 47.6 Å². The average Bonchev–Trinajstić information content (AvgIpc) is 2.67. The molecule has 0 saturated carbocycles. The Morgan fingerprint density at radius 3 is 2.54 bits per heavy atom. The summed E-state index contributed by atoms with van der Waals surface area (Å²) in [5, 5.41) is 4.94. The van der Waals surface area contributed by atoms with E-state index in [2.05, 4.69) is 5.32 Å². The molecule has 0 heterocycles. The van der Waals surface area contributed by atoms with Crippen molar-refractivity contribution < 1.29 is 18.7 Å². The zero-order valence-corrected chi connectivity index (χ0v) is 14.3. The Labute approximate surface area is 151 Å². The van der Waals surface area contributed by atoms with Crippen LogP contribution in [0.2, 0.25) is 0 Å². The van der Waals surface area contributed by atoms with Gasteiger partial charge in [-0.2, -0.15) is 0 Å². The van der Waals surface area contributed by atoms with Gasteiger partial charge in [-0.3, -0.25) is 4.79 Å². The van der Waals surface area contributed by atoms with E-state index in [4.69, 9.17) is 9.47 Å². The van der Waals surface area contributed by atoms with Crippen LogP contribution in [0.4, 0.5) is 4.39 Å². The van der Waals surface area contributed by atoms with Gasteiger partial charge in [0.2, 0.25) is 0 Å². The monoisotopic (exact) mass is 353 g/mol. The Hall–Kier alpha value is -3.08. The predicted octanol–water partition coefficient (Wildman–Crippen LogP) is 3.94. The molecule has 0 radical (unpaired) electrons. The fraction of sp³-hybridized carbons (Fsp3) is 0.190. The Bertz CT molecular complexity index is 882. The van der Waals surface area contributed by atoms with Crippen LogP contribution in [0.25, 0.3) is 10.8 Å². The van der Waals surface area contributed by atoms with E-state index in [9.17, 15) is 9.18 Å². The second kappa shape index (κ2) is 8.85. The van der Waals surface area contributed by atoms with Crippen molar-refractivity contribution in [2.75, 3.05) is 19.8 Å². The minimum absolute atomic E-state index is 0.0491. The van der Waals surface area contributed by atoms with E-state index in [1.807, 2.05) is 42.5 Å². The maximum absolute atomic E-state index is 13.4. The highest BCUT2D eigenvalue weighted by atomic mass is 19.1. The fourth-order valence-electron chi connectivity index (χ4n) is 2.50. The number of carbonyl (C=O) groups excluding carboxylic acids is 1. The highest BCUT2D eigenvalue weighted by Crippen LogP contribution is 2.20. The Morgan fingerprint density at radius 1 is 0.923 bits per heavy atom. The summed E-state index contributed by atoms with van der Waals surface area (Å²) in [6.45, 7) is 0.716. The molecule has 0 aliphatic heterocycles. The maximum Gasteiger partial charge on any atom is 0.257 e. The molecule has 0 spiro atoms. The smallest absolute Gasteiger partial charge is 0.257 e. The number of ether oxygens (including phenoxy) is 2. The summed E-state index contributed by atoms with van der Waals surface area (Å²) < 4.78 is 24.2. The van der Waals surface area contributed by atoms with Crippen LogP contribution in [0.3, 0.4) is 0 Å². The molecule has 0 saturated heterocycles. The number of amides is 1. The van der Waals surface area contributed by atoms with E-state index in [-0.39, 0.29) is 24.1 Å². The lowest BCUT2D eigenvalue weighted by Gasteiger charge is -2.09. The lowest BCUT2D eigenvalue weighted by Crippen LogP contribution is -2.30. The van der Waals surface area contributed by atoms with E-state index in [1.165, 1.54) is 6.07 Å². The van der Waals surface area contributed by atoms with Crippen LogP contribution in [0, 0.1) is 5.82 Å². The van der Waals surface area contributed by atoms with Gasteiger partial charge in [-0.1, -0.05) is 42.5 Å². The van der Waals surface area contributed by atoms with Crippen molar-refractivity contribution in [3.05, 3.63) is 72.5 Å². The summed E-state index contributed by atoms with van der Waals surface area (Å²) >= 11 is 0. The number of para-hydroxylation sites is 1. The van der Waals surface area contributed by atoms with Crippen LogP contribution in [0.1, 0.15) is 6.42 Å². The molecule has 4 nitrogen and oxygen atoms in total. The van der Waals surface area contributed by atoms with E-state index in [0.29, 0.717) is 25.3 Å². The first-order chi connectivity index (χ1) is 12.7. The standard InChI is InChI=1S/C21H20FNO3/c22-19-8-3-4-9-20(19)25-13-5-12-23-21(24)15-26-18-11-10-16-6-1-2-7-17(16)14-18/h1-4,6-11,14H,5,12-13,15H2,(H,23,24). The number of rotatable bonds is 8. The van der Waals surface area contributed by atoms with Crippen molar-refractivity contribution in [1.29, 1.82) is 0 Å². The van der Waals surface area contributed by atoms with Gasteiger partial charge in [-0.25, -0.2) is 4.39 Å². The molecule has 0 aliphatic rings. The molecule has 3 rings (SSSR count). The summed E-state index contributed by atoms with van der Waals surface area (Å²) in [6, 6.07) is 19.9. The molecule has 0 aliphatic carbocycles. The summed E-state index contributed by atoms with van der Waals surface area (Å²) in [6.07, 6.45) is 0.579. The number of carbonyl (C=O) groups is 1. The molecular weight excluding hydrogens is 333 g/mol. The molecule has 5 heteroatoms. The highest BCUT2D eigenvalue weighted by molar-refractivity contribution is 5.84. The Kier molecular flexibility index (Phi) is 6.04. The molecule has 1 N–H and O–H groups in total. The molecule has 1 amide bonds. The predicted molar refractivity (Wildman–Crippen MR) is 99.0 cm³/mol. The molecule has 0 fully saturated rings. The number of hydrogen-bond acceptors (Lipinski definition) is 3. The molecule has 134 valence electrons. The second-order valence-corrected chi connectivity index (χ2v) is 5.78. The number of hydrogen-bond donors (Lipinski definition) is 1. The van der Waals surface area contributed by atoms with E-state index >= 15 is 0 Å². The van der Waals surface area contributed by atoms with Crippen molar-refractivity contribution in [3.63, 3.8) is 0 Å². The summed E-state index contributed by atoms with van der Waals surface area (Å²) in [7, 11) is 0. The quantitative estimate of drug-likeness (QED) is 0.624. The number of fused-ring (bicyclic) bond motifs is 1. The Morgan fingerprint density at radius 2 is 1.69 bits per heavy atom. The number of benzene rings is 3. The van der Waals surface area contributed by atoms with Gasteiger partial charge in [0.05, 0.1) is 6.61 Å². The molecule has 0 atom stereocenters. The van der Waals surface area contributed by atoms with E-state index in [1.54, 1.807) is 18.2 Å². The summed E-state index contributed by atoms with van der Waals surface area (Å²) in [4.78, 5) is 11.8. The molecule has 0 bridgehead atoms. The van der Waals surface area contributed by atoms with Gasteiger partial charge < -0.3 is 14.8 Å². The van der Waals surface area contributed by atoms with Gasteiger partial charge in [0.15, 0.2) is 18.2 Å². The van der Waals surface area contributed by atoms with E-state index < -0.39 is 0 Å². The van der Waals surface area contributed by atoms with Gasteiger partial charge in [-0.05, 0) is 41.5 Å². The summed E-state index contributed by atoms with van der Waals surface area (Å²) in [5.41, 5.74) is 0. The highest BCUT2D eigenvalue weighted by Gasteiger charge is 2.04. The fourth-order valence-corrected chi connectivity index (χ4v) is 2.50. The lowest BCUT2D eigenvalue weighted by atomic mass is 10.1. The summed E-state index contributed by atoms with van der Waals surface area (Å²) in [5.74, 6) is 0.282. The van der Waals surface area contributed by atoms with Crippen molar-refractivity contribution in [1.82, 2.24) is 5.32 Å². The van der Waals surface area contributed by atoms with Crippen LogP contribution in [-0.4, -0.2) is 25.7 Å². The number of nitrogens with one attached hydrogen (secondary N) is 1. The van der Waals surface area contributed by atoms with Gasteiger partial charge in [0, 0.05) is 6.54 Å². The first kappa shape index (κ1) is 17.7. The minimum atomic E-state index is -0.389. The molecule has 3 aromatic rings. The van der Waals surface area contributed by atoms with Crippen molar-refractivity contribution in [2.45, 2.75) is 6.42 Å². The molecule has 3 aromatic carbocycles. The van der Waals surface area contributed by atoms with Gasteiger partial charge in [0.1, 0.15) is 5.75 Å².